The van der Waals surface area contributed by atoms with Crippen LogP contribution in [0.2, 0.25) is 5.02 Å². The van der Waals surface area contributed by atoms with Gasteiger partial charge in [-0.25, -0.2) is 0 Å². The highest BCUT2D eigenvalue weighted by atomic mass is 35.5. The smallest absolute Gasteiger partial charge is 0.120 e. The Hall–Kier alpha value is -0.730. The molecule has 0 bridgehead atoms. The van der Waals surface area contributed by atoms with Crippen LogP contribution in [0.4, 0.5) is 0 Å². The highest BCUT2D eigenvalue weighted by Crippen LogP contribution is 2.39. The topological polar surface area (TPSA) is 21.3 Å². The molecule has 3 heteroatoms. The number of aryl methyl sites for hydroxylation is 1. The van der Waals surface area contributed by atoms with Crippen LogP contribution < -0.4 is 10.1 Å². The van der Waals surface area contributed by atoms with Gasteiger partial charge in [-0.1, -0.05) is 25.4 Å². The first-order valence-corrected chi connectivity index (χ1v) is 8.25. The first kappa shape index (κ1) is 15.7. The Balaban J connectivity index is 1.95. The molecule has 1 N–H and O–H groups in total. The van der Waals surface area contributed by atoms with Gasteiger partial charge < -0.3 is 10.1 Å². The minimum atomic E-state index is 0.0551. The number of benzene rings is 1. The summed E-state index contributed by atoms with van der Waals surface area (Å²) in [5.41, 5.74) is 1.22. The zero-order valence-corrected chi connectivity index (χ0v) is 13.4. The molecular formula is C17H26ClNO. The van der Waals surface area contributed by atoms with Crippen molar-refractivity contribution in [3.05, 3.63) is 28.8 Å². The molecule has 0 atom stereocenters. The van der Waals surface area contributed by atoms with Crippen molar-refractivity contribution in [3.63, 3.8) is 0 Å². The Bertz CT molecular complexity index is 429. The molecule has 20 heavy (non-hydrogen) atoms. The van der Waals surface area contributed by atoms with Crippen molar-refractivity contribution in [2.45, 2.75) is 58.0 Å². The van der Waals surface area contributed by atoms with Crippen LogP contribution in [0, 0.1) is 0 Å². The number of ether oxygens (including phenoxy) is 1. The van der Waals surface area contributed by atoms with Crippen LogP contribution in [0.1, 0.15) is 51.5 Å². The van der Waals surface area contributed by atoms with E-state index in [2.05, 4.69) is 25.2 Å². The van der Waals surface area contributed by atoms with Crippen molar-refractivity contribution in [2.75, 3.05) is 13.1 Å². The van der Waals surface area contributed by atoms with E-state index >= 15 is 0 Å². The van der Waals surface area contributed by atoms with E-state index in [9.17, 15) is 0 Å². The van der Waals surface area contributed by atoms with Crippen LogP contribution in [0.3, 0.4) is 0 Å². The summed E-state index contributed by atoms with van der Waals surface area (Å²) in [7, 11) is 0. The monoisotopic (exact) mass is 295 g/mol. The highest BCUT2D eigenvalue weighted by Gasteiger charge is 2.38. The lowest BCUT2D eigenvalue weighted by molar-refractivity contribution is -0.0142. The summed E-state index contributed by atoms with van der Waals surface area (Å²) in [4.78, 5) is 0. The van der Waals surface area contributed by atoms with Crippen molar-refractivity contribution < 1.29 is 4.74 Å². The Morgan fingerprint density at radius 1 is 1.25 bits per heavy atom. The predicted molar refractivity (Wildman–Crippen MR) is 85.8 cm³/mol. The Morgan fingerprint density at radius 3 is 2.65 bits per heavy atom. The summed E-state index contributed by atoms with van der Waals surface area (Å²) in [6.45, 7) is 6.46. The van der Waals surface area contributed by atoms with Gasteiger partial charge >= 0.3 is 0 Å². The second kappa shape index (κ2) is 7.33. The van der Waals surface area contributed by atoms with Gasteiger partial charge in [-0.05, 0) is 75.4 Å². The first-order valence-electron chi connectivity index (χ1n) is 7.87. The molecule has 1 aromatic rings. The van der Waals surface area contributed by atoms with Crippen LogP contribution in [0.25, 0.3) is 0 Å². The predicted octanol–water partition coefficient (Wildman–Crippen LogP) is 4.59. The zero-order valence-electron chi connectivity index (χ0n) is 12.7. The third-order valence-corrected chi connectivity index (χ3v) is 4.55. The van der Waals surface area contributed by atoms with E-state index in [1.165, 1.54) is 31.2 Å². The van der Waals surface area contributed by atoms with Crippen LogP contribution in [-0.4, -0.2) is 18.7 Å². The summed E-state index contributed by atoms with van der Waals surface area (Å²) in [5.74, 6) is 0.974. The lowest BCUT2D eigenvalue weighted by Gasteiger charge is -2.42. The van der Waals surface area contributed by atoms with Crippen molar-refractivity contribution in [3.8, 4) is 5.75 Å². The van der Waals surface area contributed by atoms with Gasteiger partial charge in [0.2, 0.25) is 0 Å². The highest BCUT2D eigenvalue weighted by molar-refractivity contribution is 6.31. The fourth-order valence-corrected chi connectivity index (χ4v) is 2.98. The molecule has 1 aliphatic rings. The standard InChI is InChI=1S/C17H26ClNO/c1-3-11-19-12-10-17(8-5-9-17)20-15-6-7-16(18)14(4-2)13-15/h6-7,13,19H,3-5,8-12H2,1-2H3. The van der Waals surface area contributed by atoms with Crippen molar-refractivity contribution in [2.24, 2.45) is 0 Å². The molecule has 0 spiro atoms. The third-order valence-electron chi connectivity index (χ3n) is 4.18. The molecule has 0 aromatic heterocycles. The normalized spacial score (nSPS) is 16.8. The van der Waals surface area contributed by atoms with E-state index in [1.807, 2.05) is 12.1 Å². The maximum atomic E-state index is 6.32. The molecule has 0 unspecified atom stereocenters. The molecule has 1 saturated carbocycles. The molecule has 0 amide bonds. The van der Waals surface area contributed by atoms with Gasteiger partial charge in [-0.15, -0.1) is 0 Å². The minimum Gasteiger partial charge on any atom is -0.487 e. The maximum absolute atomic E-state index is 6.32. The van der Waals surface area contributed by atoms with E-state index in [1.54, 1.807) is 0 Å². The molecule has 0 heterocycles. The van der Waals surface area contributed by atoms with Gasteiger partial charge in [0.05, 0.1) is 0 Å². The molecule has 0 aliphatic heterocycles. The fraction of sp³-hybridized carbons (Fsp3) is 0.647. The van der Waals surface area contributed by atoms with E-state index in [0.717, 1.165) is 36.7 Å². The van der Waals surface area contributed by atoms with Crippen LogP contribution >= 0.6 is 11.6 Å². The van der Waals surface area contributed by atoms with Gasteiger partial charge in [0.15, 0.2) is 0 Å². The van der Waals surface area contributed by atoms with Crippen LogP contribution in [0.5, 0.6) is 5.75 Å². The fourth-order valence-electron chi connectivity index (χ4n) is 2.73. The molecular weight excluding hydrogens is 270 g/mol. The SMILES string of the molecule is CCCNCCC1(Oc2ccc(Cl)c(CC)c2)CCC1. The van der Waals surface area contributed by atoms with Crippen LogP contribution in [0.15, 0.2) is 18.2 Å². The molecule has 1 fully saturated rings. The lowest BCUT2D eigenvalue weighted by atomic mass is 9.77. The van der Waals surface area contributed by atoms with Crippen molar-refractivity contribution in [1.82, 2.24) is 5.32 Å². The van der Waals surface area contributed by atoms with Gasteiger partial charge in [0.1, 0.15) is 11.4 Å². The number of rotatable bonds is 8. The number of hydrogen-bond donors (Lipinski definition) is 1. The Morgan fingerprint density at radius 2 is 2.05 bits per heavy atom. The van der Waals surface area contributed by atoms with Gasteiger partial charge in [-0.2, -0.15) is 0 Å². The molecule has 0 radical (unpaired) electrons. The van der Waals surface area contributed by atoms with E-state index in [0.29, 0.717) is 0 Å². The molecule has 2 nitrogen and oxygen atoms in total. The average molecular weight is 296 g/mol. The summed E-state index contributed by atoms with van der Waals surface area (Å²) < 4.78 is 6.32. The van der Waals surface area contributed by atoms with E-state index in [-0.39, 0.29) is 5.60 Å². The number of hydrogen-bond acceptors (Lipinski definition) is 2. The number of nitrogens with one attached hydrogen (secondary N) is 1. The summed E-state index contributed by atoms with van der Waals surface area (Å²) in [5, 5.41) is 4.32. The average Bonchev–Trinajstić information content (AvgIpc) is 2.42. The van der Waals surface area contributed by atoms with Crippen LogP contribution in [-0.2, 0) is 6.42 Å². The lowest BCUT2D eigenvalue weighted by Crippen LogP contribution is -2.45. The third kappa shape index (κ3) is 3.89. The van der Waals surface area contributed by atoms with E-state index < -0.39 is 0 Å². The molecule has 1 aromatic carbocycles. The quantitative estimate of drug-likeness (QED) is 0.708. The van der Waals surface area contributed by atoms with E-state index in [4.69, 9.17) is 16.3 Å². The minimum absolute atomic E-state index is 0.0551. The maximum Gasteiger partial charge on any atom is 0.120 e. The van der Waals surface area contributed by atoms with Crippen molar-refractivity contribution >= 4 is 11.6 Å². The Labute approximate surface area is 127 Å². The molecule has 0 saturated heterocycles. The Kier molecular flexibility index (Phi) is 5.74. The number of halogens is 1. The molecule has 112 valence electrons. The van der Waals surface area contributed by atoms with Crippen molar-refractivity contribution in [1.29, 1.82) is 0 Å². The molecule has 2 rings (SSSR count). The second-order valence-corrected chi connectivity index (χ2v) is 6.15. The van der Waals surface area contributed by atoms with Gasteiger partial charge in [0, 0.05) is 5.02 Å². The summed E-state index contributed by atoms with van der Waals surface area (Å²) in [6.07, 6.45) is 6.85. The summed E-state index contributed by atoms with van der Waals surface area (Å²) in [6, 6.07) is 6.06. The molecule has 1 aliphatic carbocycles. The van der Waals surface area contributed by atoms with Gasteiger partial charge in [-0.3, -0.25) is 0 Å². The largest absolute Gasteiger partial charge is 0.487 e. The first-order chi connectivity index (χ1) is 9.69. The second-order valence-electron chi connectivity index (χ2n) is 5.75. The van der Waals surface area contributed by atoms with Gasteiger partial charge in [0.25, 0.3) is 0 Å². The zero-order chi connectivity index (χ0) is 14.4. The summed E-state index contributed by atoms with van der Waals surface area (Å²) >= 11 is 6.17.